The fourth-order valence-corrected chi connectivity index (χ4v) is 1.28. The van der Waals surface area contributed by atoms with E-state index in [1.54, 1.807) is 6.07 Å². The molecule has 74 valence electrons. The number of anilines is 1. The second kappa shape index (κ2) is 3.61. The van der Waals surface area contributed by atoms with Crippen molar-refractivity contribution in [1.29, 1.82) is 0 Å². The van der Waals surface area contributed by atoms with Crippen LogP contribution in [-0.2, 0) is 4.74 Å². The second-order valence-electron chi connectivity index (χ2n) is 3.09. The summed E-state index contributed by atoms with van der Waals surface area (Å²) < 4.78 is 4.57. The Labute approximate surface area is 81.7 Å². The molecule has 1 aromatic heterocycles. The van der Waals surface area contributed by atoms with Gasteiger partial charge in [0.15, 0.2) is 5.69 Å². The number of hydrogen-bond donors (Lipinski definition) is 0. The lowest BCUT2D eigenvalue weighted by molar-refractivity contribution is 0.0594. The van der Waals surface area contributed by atoms with Gasteiger partial charge in [0.2, 0.25) is 0 Å². The standard InChI is InChI=1S/C9H11N3O2/c1-14-9(13)7-5-8(11-6-10-7)12-3-2-4-12/h5-6H,2-4H2,1H3. The number of ether oxygens (including phenoxy) is 1. The summed E-state index contributed by atoms with van der Waals surface area (Å²) in [5.74, 6) is 0.376. The number of esters is 1. The van der Waals surface area contributed by atoms with E-state index >= 15 is 0 Å². The summed E-state index contributed by atoms with van der Waals surface area (Å²) in [5.41, 5.74) is 0.310. The minimum Gasteiger partial charge on any atom is -0.464 e. The Morgan fingerprint density at radius 2 is 2.29 bits per heavy atom. The number of methoxy groups -OCH3 is 1. The molecule has 5 nitrogen and oxygen atoms in total. The van der Waals surface area contributed by atoms with E-state index in [4.69, 9.17) is 0 Å². The first-order valence-electron chi connectivity index (χ1n) is 4.46. The molecule has 0 unspecified atom stereocenters. The number of rotatable bonds is 2. The van der Waals surface area contributed by atoms with Crippen molar-refractivity contribution >= 4 is 11.8 Å². The Morgan fingerprint density at radius 3 is 2.86 bits per heavy atom. The molecule has 1 aliphatic heterocycles. The molecule has 2 heterocycles. The summed E-state index contributed by atoms with van der Waals surface area (Å²) in [6.07, 6.45) is 2.57. The zero-order chi connectivity index (χ0) is 9.97. The SMILES string of the molecule is COC(=O)c1cc(N2CCC2)ncn1. The molecule has 0 aliphatic carbocycles. The lowest BCUT2D eigenvalue weighted by Crippen LogP contribution is -2.37. The average molecular weight is 193 g/mol. The highest BCUT2D eigenvalue weighted by Crippen LogP contribution is 2.17. The molecule has 5 heteroatoms. The van der Waals surface area contributed by atoms with Crippen LogP contribution in [0, 0.1) is 0 Å². The van der Waals surface area contributed by atoms with Crippen LogP contribution >= 0.6 is 0 Å². The first-order chi connectivity index (χ1) is 6.81. The normalized spacial score (nSPS) is 14.8. The first-order valence-corrected chi connectivity index (χ1v) is 4.46. The van der Waals surface area contributed by atoms with Crippen LogP contribution in [0.15, 0.2) is 12.4 Å². The minimum absolute atomic E-state index is 0.310. The molecular weight excluding hydrogens is 182 g/mol. The maximum absolute atomic E-state index is 11.2. The van der Waals surface area contributed by atoms with Crippen molar-refractivity contribution in [2.75, 3.05) is 25.1 Å². The highest BCUT2D eigenvalue weighted by molar-refractivity contribution is 5.87. The van der Waals surface area contributed by atoms with E-state index in [0.29, 0.717) is 5.69 Å². The van der Waals surface area contributed by atoms with Crippen LogP contribution in [0.3, 0.4) is 0 Å². The van der Waals surface area contributed by atoms with Gasteiger partial charge in [0.05, 0.1) is 7.11 Å². The van der Waals surface area contributed by atoms with E-state index in [1.165, 1.54) is 19.9 Å². The Kier molecular flexibility index (Phi) is 2.30. The van der Waals surface area contributed by atoms with Crippen LogP contribution in [0.4, 0.5) is 5.82 Å². The molecule has 0 N–H and O–H groups in total. The van der Waals surface area contributed by atoms with Gasteiger partial charge in [-0.3, -0.25) is 0 Å². The third-order valence-corrected chi connectivity index (χ3v) is 2.23. The fraction of sp³-hybridized carbons (Fsp3) is 0.444. The summed E-state index contributed by atoms with van der Waals surface area (Å²) in [7, 11) is 1.34. The van der Waals surface area contributed by atoms with Gasteiger partial charge in [-0.1, -0.05) is 0 Å². The van der Waals surface area contributed by atoms with Crippen molar-refractivity contribution in [3.8, 4) is 0 Å². The lowest BCUT2D eigenvalue weighted by Gasteiger charge is -2.31. The monoisotopic (exact) mass is 193 g/mol. The quantitative estimate of drug-likeness (QED) is 0.639. The largest absolute Gasteiger partial charge is 0.464 e. The summed E-state index contributed by atoms with van der Waals surface area (Å²) in [4.78, 5) is 21.2. The van der Waals surface area contributed by atoms with Crippen LogP contribution in [0.5, 0.6) is 0 Å². The first kappa shape index (κ1) is 8.93. The molecular formula is C9H11N3O2. The number of carbonyl (C=O) groups excluding carboxylic acids is 1. The van der Waals surface area contributed by atoms with Gasteiger partial charge in [0.1, 0.15) is 12.1 Å². The van der Waals surface area contributed by atoms with Crippen molar-refractivity contribution < 1.29 is 9.53 Å². The summed E-state index contributed by atoms with van der Waals surface area (Å²) >= 11 is 0. The van der Waals surface area contributed by atoms with Crippen molar-refractivity contribution in [3.05, 3.63) is 18.1 Å². The number of carbonyl (C=O) groups is 1. The summed E-state index contributed by atoms with van der Waals surface area (Å²) in [6.45, 7) is 2.00. The Balaban J connectivity index is 2.21. The van der Waals surface area contributed by atoms with Gasteiger partial charge in [-0.05, 0) is 6.42 Å². The average Bonchev–Trinajstić information content (AvgIpc) is 2.14. The molecule has 0 bridgehead atoms. The predicted octanol–water partition coefficient (Wildman–Crippen LogP) is 0.473. The molecule has 1 aliphatic rings. The van der Waals surface area contributed by atoms with Crippen LogP contribution in [0.2, 0.25) is 0 Å². The highest BCUT2D eigenvalue weighted by atomic mass is 16.5. The topological polar surface area (TPSA) is 55.3 Å². The Morgan fingerprint density at radius 1 is 1.50 bits per heavy atom. The molecule has 0 aromatic carbocycles. The smallest absolute Gasteiger partial charge is 0.356 e. The zero-order valence-corrected chi connectivity index (χ0v) is 7.93. The van der Waals surface area contributed by atoms with Gasteiger partial charge >= 0.3 is 5.97 Å². The van der Waals surface area contributed by atoms with Gasteiger partial charge in [-0.2, -0.15) is 0 Å². The summed E-state index contributed by atoms with van der Waals surface area (Å²) in [5, 5.41) is 0. The second-order valence-corrected chi connectivity index (χ2v) is 3.09. The van der Waals surface area contributed by atoms with Gasteiger partial charge < -0.3 is 9.64 Å². The Bertz CT molecular complexity index is 350. The molecule has 14 heavy (non-hydrogen) atoms. The molecule has 2 rings (SSSR count). The number of hydrogen-bond acceptors (Lipinski definition) is 5. The van der Waals surface area contributed by atoms with E-state index in [9.17, 15) is 4.79 Å². The van der Waals surface area contributed by atoms with Gasteiger partial charge in [-0.15, -0.1) is 0 Å². The molecule has 0 radical (unpaired) electrons. The molecule has 0 spiro atoms. The minimum atomic E-state index is -0.422. The molecule has 0 saturated carbocycles. The highest BCUT2D eigenvalue weighted by Gasteiger charge is 2.17. The lowest BCUT2D eigenvalue weighted by atomic mass is 10.2. The number of aromatic nitrogens is 2. The van der Waals surface area contributed by atoms with Gasteiger partial charge in [-0.25, -0.2) is 14.8 Å². The van der Waals surface area contributed by atoms with Crippen molar-refractivity contribution in [1.82, 2.24) is 9.97 Å². The third-order valence-electron chi connectivity index (χ3n) is 2.23. The molecule has 0 atom stereocenters. The molecule has 1 aromatic rings. The van der Waals surface area contributed by atoms with E-state index < -0.39 is 5.97 Å². The van der Waals surface area contributed by atoms with E-state index in [1.807, 2.05) is 0 Å². The predicted molar refractivity (Wildman–Crippen MR) is 50.2 cm³/mol. The van der Waals surface area contributed by atoms with E-state index in [-0.39, 0.29) is 0 Å². The van der Waals surface area contributed by atoms with Crippen LogP contribution in [-0.4, -0.2) is 36.1 Å². The van der Waals surface area contributed by atoms with Crippen LogP contribution in [0.1, 0.15) is 16.9 Å². The Hall–Kier alpha value is -1.65. The van der Waals surface area contributed by atoms with Crippen LogP contribution in [0.25, 0.3) is 0 Å². The van der Waals surface area contributed by atoms with Crippen molar-refractivity contribution in [2.24, 2.45) is 0 Å². The van der Waals surface area contributed by atoms with Gasteiger partial charge in [0, 0.05) is 19.2 Å². The van der Waals surface area contributed by atoms with Crippen LogP contribution < -0.4 is 4.90 Å². The molecule has 0 amide bonds. The third kappa shape index (κ3) is 1.53. The number of nitrogens with zero attached hydrogens (tertiary/aromatic N) is 3. The van der Waals surface area contributed by atoms with Crippen molar-refractivity contribution in [3.63, 3.8) is 0 Å². The zero-order valence-electron chi connectivity index (χ0n) is 7.93. The van der Waals surface area contributed by atoms with E-state index in [2.05, 4.69) is 19.6 Å². The maximum Gasteiger partial charge on any atom is 0.356 e. The van der Waals surface area contributed by atoms with Gasteiger partial charge in [0.25, 0.3) is 0 Å². The fourth-order valence-electron chi connectivity index (χ4n) is 1.28. The molecule has 1 saturated heterocycles. The maximum atomic E-state index is 11.2. The molecule has 1 fully saturated rings. The van der Waals surface area contributed by atoms with E-state index in [0.717, 1.165) is 18.9 Å². The van der Waals surface area contributed by atoms with Crippen molar-refractivity contribution in [2.45, 2.75) is 6.42 Å². The summed E-state index contributed by atoms with van der Waals surface area (Å²) in [6, 6.07) is 1.66.